The number of amides is 1. The van der Waals surface area contributed by atoms with E-state index in [0.29, 0.717) is 0 Å². The summed E-state index contributed by atoms with van der Waals surface area (Å²) in [6, 6.07) is 9.92. The zero-order chi connectivity index (χ0) is 23.8. The van der Waals surface area contributed by atoms with Gasteiger partial charge in [-0.1, -0.05) is 29.3 Å². The molecule has 2 heterocycles. The van der Waals surface area contributed by atoms with Gasteiger partial charge in [0.15, 0.2) is 0 Å². The molecular weight excluding hydrogens is 480 g/mol. The number of pyridine rings is 1. The lowest BCUT2D eigenvalue weighted by Crippen LogP contribution is -2.14. The third-order valence-electron chi connectivity index (χ3n) is 4.68. The van der Waals surface area contributed by atoms with Crippen molar-refractivity contribution < 1.29 is 22.8 Å². The minimum absolute atomic E-state index is 0.0390. The van der Waals surface area contributed by atoms with Gasteiger partial charge in [-0.2, -0.15) is 13.2 Å². The molecule has 1 amide bonds. The van der Waals surface area contributed by atoms with E-state index >= 15 is 0 Å². The van der Waals surface area contributed by atoms with Crippen molar-refractivity contribution in [1.82, 2.24) is 14.5 Å². The predicted molar refractivity (Wildman–Crippen MR) is 118 cm³/mol. The molecule has 0 bridgehead atoms. The van der Waals surface area contributed by atoms with Gasteiger partial charge in [-0.25, -0.2) is 9.78 Å². The predicted octanol–water partition coefficient (Wildman–Crippen LogP) is 5.84. The Labute approximate surface area is 194 Å². The number of benzene rings is 2. The number of rotatable bonds is 4. The quantitative estimate of drug-likeness (QED) is 0.364. The number of fused-ring (bicyclic) bond motifs is 1. The van der Waals surface area contributed by atoms with Gasteiger partial charge in [0.25, 0.3) is 5.91 Å². The summed E-state index contributed by atoms with van der Waals surface area (Å²) < 4.78 is 42.6. The molecule has 0 aliphatic carbocycles. The zero-order valence-electron chi connectivity index (χ0n) is 16.3. The third-order valence-corrected chi connectivity index (χ3v) is 5.31. The van der Waals surface area contributed by atoms with Crippen LogP contribution in [0.1, 0.15) is 21.7 Å². The largest absolute Gasteiger partial charge is 0.450 e. The first-order chi connectivity index (χ1) is 15.7. The second-order valence-corrected chi connectivity index (χ2v) is 7.50. The number of anilines is 1. The van der Waals surface area contributed by atoms with Crippen LogP contribution in [0, 0.1) is 0 Å². The van der Waals surface area contributed by atoms with Gasteiger partial charge in [-0.3, -0.25) is 14.3 Å². The van der Waals surface area contributed by atoms with Crippen molar-refractivity contribution in [3.8, 4) is 5.69 Å². The number of hydrogen-bond acceptors (Lipinski definition) is 4. The maximum atomic E-state index is 13.9. The first kappa shape index (κ1) is 22.5. The van der Waals surface area contributed by atoms with Crippen LogP contribution in [0.3, 0.4) is 0 Å². The van der Waals surface area contributed by atoms with Gasteiger partial charge in [0.1, 0.15) is 11.5 Å². The highest BCUT2D eigenvalue weighted by atomic mass is 35.5. The van der Waals surface area contributed by atoms with Crippen molar-refractivity contribution in [3.63, 3.8) is 0 Å². The second kappa shape index (κ2) is 8.71. The van der Waals surface area contributed by atoms with Crippen LogP contribution in [-0.2, 0) is 11.0 Å². The van der Waals surface area contributed by atoms with Gasteiger partial charge < -0.3 is 5.32 Å². The molecule has 2 aromatic heterocycles. The number of nitrogens with zero attached hydrogens (tertiary/aromatic N) is 3. The molecule has 33 heavy (non-hydrogen) atoms. The average molecular weight is 491 g/mol. The van der Waals surface area contributed by atoms with Crippen molar-refractivity contribution >= 4 is 57.8 Å². The summed E-state index contributed by atoms with van der Waals surface area (Å²) in [5.74, 6) is -0.442. The molecule has 0 saturated heterocycles. The fourth-order valence-electron chi connectivity index (χ4n) is 3.31. The van der Waals surface area contributed by atoms with E-state index < -0.39 is 17.9 Å². The van der Waals surface area contributed by atoms with Crippen molar-refractivity contribution in [2.75, 3.05) is 5.32 Å². The zero-order valence-corrected chi connectivity index (χ0v) is 17.8. The van der Waals surface area contributed by atoms with Crippen molar-refractivity contribution in [3.05, 3.63) is 81.9 Å². The summed E-state index contributed by atoms with van der Waals surface area (Å²) >= 11 is 12.2. The minimum Gasteiger partial charge on any atom is -0.319 e. The third kappa shape index (κ3) is 4.21. The van der Waals surface area contributed by atoms with E-state index in [9.17, 15) is 22.8 Å². The van der Waals surface area contributed by atoms with Crippen LogP contribution in [0.25, 0.3) is 22.8 Å². The summed E-state index contributed by atoms with van der Waals surface area (Å²) in [4.78, 5) is 31.6. The monoisotopic (exact) mass is 490 g/mol. The van der Waals surface area contributed by atoms with E-state index in [1.165, 1.54) is 54.9 Å². The van der Waals surface area contributed by atoms with Gasteiger partial charge in [0.05, 0.1) is 32.5 Å². The molecule has 166 valence electrons. The lowest BCUT2D eigenvalue weighted by Gasteiger charge is -2.12. The molecule has 0 fully saturated rings. The smallest absolute Gasteiger partial charge is 0.319 e. The molecule has 0 spiro atoms. The van der Waals surface area contributed by atoms with Crippen molar-refractivity contribution in [2.45, 2.75) is 6.18 Å². The van der Waals surface area contributed by atoms with E-state index in [-0.39, 0.29) is 43.6 Å². The van der Waals surface area contributed by atoms with E-state index in [1.54, 1.807) is 5.94 Å². The number of imidazole rings is 1. The molecule has 0 atom stereocenters. The number of carbonyl (C=O) groups is 1. The van der Waals surface area contributed by atoms with Gasteiger partial charge in [-0.15, -0.1) is 0 Å². The maximum absolute atomic E-state index is 13.9. The van der Waals surface area contributed by atoms with E-state index in [2.05, 4.69) is 15.3 Å². The lowest BCUT2D eigenvalue weighted by molar-refractivity contribution is -0.145. The molecule has 11 heteroatoms. The molecule has 0 unspecified atom stereocenters. The topological polar surface area (TPSA) is 76.9 Å². The summed E-state index contributed by atoms with van der Waals surface area (Å²) in [5, 5.41) is 2.59. The number of aromatic nitrogens is 3. The van der Waals surface area contributed by atoms with Gasteiger partial charge in [0, 0.05) is 24.0 Å². The number of nitrogens with one attached hydrogen (secondary N) is 1. The first-order valence-electron chi connectivity index (χ1n) is 9.21. The Bertz CT molecular complexity index is 1410. The van der Waals surface area contributed by atoms with Gasteiger partial charge >= 0.3 is 6.18 Å². The molecular formula is C22H11Cl2F3N4O2. The summed E-state index contributed by atoms with van der Waals surface area (Å²) in [6.07, 6.45) is -1.17. The highest BCUT2D eigenvalue weighted by Gasteiger charge is 2.38. The molecule has 0 aliphatic rings. The number of alkyl halides is 3. The Morgan fingerprint density at radius 3 is 2.33 bits per heavy atom. The van der Waals surface area contributed by atoms with Crippen LogP contribution in [0.2, 0.25) is 10.0 Å². The highest BCUT2D eigenvalue weighted by Crippen LogP contribution is 2.38. The van der Waals surface area contributed by atoms with Crippen LogP contribution < -0.4 is 5.32 Å². The Kier molecular flexibility index (Phi) is 5.95. The van der Waals surface area contributed by atoms with Crippen LogP contribution in [0.4, 0.5) is 18.9 Å². The first-order valence-corrected chi connectivity index (χ1v) is 9.97. The van der Waals surface area contributed by atoms with Gasteiger partial charge in [0.2, 0.25) is 5.82 Å². The Balaban J connectivity index is 1.99. The van der Waals surface area contributed by atoms with Crippen LogP contribution in [0.5, 0.6) is 0 Å². The van der Waals surface area contributed by atoms with Gasteiger partial charge in [-0.05, 0) is 36.4 Å². The molecule has 0 radical (unpaired) electrons. The SMILES string of the molecule is O=C=Cc1ccc2c(nc(C(F)(F)F)n2-c2ccncc2)c1NC(=O)c1c(Cl)cccc1Cl. The molecule has 6 nitrogen and oxygen atoms in total. The second-order valence-electron chi connectivity index (χ2n) is 6.68. The molecule has 0 saturated carbocycles. The minimum atomic E-state index is -4.82. The number of halogens is 5. The van der Waals surface area contributed by atoms with Crippen LogP contribution >= 0.6 is 23.2 Å². The molecule has 0 aliphatic heterocycles. The Hall–Kier alpha value is -3.65. The van der Waals surface area contributed by atoms with Crippen LogP contribution in [-0.4, -0.2) is 26.4 Å². The maximum Gasteiger partial charge on any atom is 0.450 e. The van der Waals surface area contributed by atoms with E-state index in [1.807, 2.05) is 0 Å². The summed E-state index contributed by atoms with van der Waals surface area (Å²) in [5.41, 5.74) is -0.109. The lowest BCUT2D eigenvalue weighted by atomic mass is 10.1. The molecule has 4 aromatic rings. The molecule has 2 aromatic carbocycles. The number of carbonyl (C=O) groups excluding carboxylic acids is 2. The van der Waals surface area contributed by atoms with Crippen LogP contribution in [0.15, 0.2) is 54.9 Å². The summed E-state index contributed by atoms with van der Waals surface area (Å²) in [7, 11) is 0. The normalized spacial score (nSPS) is 11.3. The Morgan fingerprint density at radius 1 is 1.06 bits per heavy atom. The number of hydrogen-bond donors (Lipinski definition) is 1. The Morgan fingerprint density at radius 2 is 1.73 bits per heavy atom. The van der Waals surface area contributed by atoms with Crippen molar-refractivity contribution in [1.29, 1.82) is 0 Å². The fraction of sp³-hybridized carbons (Fsp3) is 0.0455. The highest BCUT2D eigenvalue weighted by molar-refractivity contribution is 6.40. The molecule has 1 N–H and O–H groups in total. The molecule has 4 rings (SSSR count). The average Bonchev–Trinajstić information content (AvgIpc) is 3.16. The van der Waals surface area contributed by atoms with Crippen molar-refractivity contribution in [2.24, 2.45) is 0 Å². The van der Waals surface area contributed by atoms with E-state index in [4.69, 9.17) is 23.2 Å². The van der Waals surface area contributed by atoms with E-state index in [0.717, 1.165) is 10.6 Å². The standard InChI is InChI=1S/C22H11Cl2F3N4O2/c23-14-2-1-3-15(24)17(14)20(33)29-18-12(8-11-32)4-5-16-19(18)30-21(22(25,26)27)31(16)13-6-9-28-10-7-13/h1-10H,(H,29,33). The summed E-state index contributed by atoms with van der Waals surface area (Å²) in [6.45, 7) is 0. The fourth-order valence-corrected chi connectivity index (χ4v) is 3.88.